The first-order valence-electron chi connectivity index (χ1n) is 5.01. The summed E-state index contributed by atoms with van der Waals surface area (Å²) >= 11 is 14.6. The average molecular weight is 404 g/mol. The number of halogens is 6. The Morgan fingerprint density at radius 1 is 1.00 bits per heavy atom. The van der Waals surface area contributed by atoms with Crippen molar-refractivity contribution in [1.29, 1.82) is 0 Å². The van der Waals surface area contributed by atoms with Crippen LogP contribution in [0.2, 0.25) is 10.3 Å². The molecule has 20 heavy (non-hydrogen) atoms. The standard InChI is InChI=1S/C11H4BrCl2F3N2S/c12-7-8(13)18-10(19-9(7)14)5-1-3-6(4-2-5)20-11(15,16)17/h1-4H. The van der Waals surface area contributed by atoms with Crippen molar-refractivity contribution in [2.45, 2.75) is 10.4 Å². The number of hydrogen-bond donors (Lipinski definition) is 0. The Morgan fingerprint density at radius 3 is 1.95 bits per heavy atom. The van der Waals surface area contributed by atoms with Gasteiger partial charge in [0.15, 0.2) is 5.82 Å². The van der Waals surface area contributed by atoms with E-state index in [0.29, 0.717) is 10.0 Å². The summed E-state index contributed by atoms with van der Waals surface area (Å²) in [7, 11) is 0. The highest BCUT2D eigenvalue weighted by Gasteiger charge is 2.29. The topological polar surface area (TPSA) is 25.8 Å². The van der Waals surface area contributed by atoms with E-state index in [4.69, 9.17) is 23.2 Å². The molecule has 106 valence electrons. The summed E-state index contributed by atoms with van der Waals surface area (Å²) in [5, 5.41) is 0.266. The number of alkyl halides is 3. The largest absolute Gasteiger partial charge is 0.446 e. The fourth-order valence-corrected chi connectivity index (χ4v) is 2.43. The van der Waals surface area contributed by atoms with Crippen molar-refractivity contribution < 1.29 is 13.2 Å². The van der Waals surface area contributed by atoms with Crippen LogP contribution in [0.4, 0.5) is 13.2 Å². The van der Waals surface area contributed by atoms with Gasteiger partial charge in [-0.3, -0.25) is 0 Å². The minimum atomic E-state index is -4.32. The third kappa shape index (κ3) is 4.00. The molecule has 1 aromatic heterocycles. The van der Waals surface area contributed by atoms with Crippen LogP contribution in [-0.2, 0) is 0 Å². The first kappa shape index (κ1) is 15.9. The van der Waals surface area contributed by atoms with Crippen LogP contribution < -0.4 is 0 Å². The maximum Gasteiger partial charge on any atom is 0.446 e. The Labute approximate surface area is 134 Å². The first-order chi connectivity index (χ1) is 9.26. The molecule has 2 rings (SSSR count). The molecule has 0 fully saturated rings. The fourth-order valence-electron chi connectivity index (χ4n) is 1.33. The molecule has 1 aromatic carbocycles. The number of benzene rings is 1. The molecule has 0 saturated heterocycles. The van der Waals surface area contributed by atoms with Crippen LogP contribution in [0.15, 0.2) is 33.6 Å². The van der Waals surface area contributed by atoms with E-state index in [9.17, 15) is 13.2 Å². The zero-order valence-electron chi connectivity index (χ0n) is 9.38. The second-order valence-corrected chi connectivity index (χ2v) is 6.16. The van der Waals surface area contributed by atoms with E-state index in [1.54, 1.807) is 0 Å². The van der Waals surface area contributed by atoms with E-state index >= 15 is 0 Å². The molecule has 9 heteroatoms. The summed E-state index contributed by atoms with van der Waals surface area (Å²) < 4.78 is 37.0. The van der Waals surface area contributed by atoms with Crippen molar-refractivity contribution >= 4 is 50.9 Å². The molecule has 2 aromatic rings. The molecule has 0 aliphatic heterocycles. The molecule has 0 spiro atoms. The number of aromatic nitrogens is 2. The Kier molecular flexibility index (Phi) is 4.84. The smallest absolute Gasteiger partial charge is 0.215 e. The van der Waals surface area contributed by atoms with Gasteiger partial charge >= 0.3 is 5.51 Å². The summed E-state index contributed by atoms with van der Waals surface area (Å²) in [5.41, 5.74) is -3.80. The molecule has 0 radical (unpaired) electrons. The zero-order valence-corrected chi connectivity index (χ0v) is 13.3. The maximum absolute atomic E-state index is 12.2. The number of thioether (sulfide) groups is 1. The quantitative estimate of drug-likeness (QED) is 0.466. The highest BCUT2D eigenvalue weighted by Crippen LogP contribution is 2.37. The Bertz CT molecular complexity index is 612. The van der Waals surface area contributed by atoms with Gasteiger partial charge < -0.3 is 0 Å². The van der Waals surface area contributed by atoms with Crippen molar-refractivity contribution in [3.05, 3.63) is 39.0 Å². The van der Waals surface area contributed by atoms with Gasteiger partial charge in [0.25, 0.3) is 0 Å². The number of nitrogens with zero attached hydrogens (tertiary/aromatic N) is 2. The first-order valence-corrected chi connectivity index (χ1v) is 7.37. The lowest BCUT2D eigenvalue weighted by atomic mass is 10.2. The van der Waals surface area contributed by atoms with Crippen molar-refractivity contribution in [1.82, 2.24) is 9.97 Å². The lowest BCUT2D eigenvalue weighted by molar-refractivity contribution is -0.0328. The molecule has 1 heterocycles. The Hall–Kier alpha value is -0.500. The second-order valence-electron chi connectivity index (χ2n) is 3.51. The molecule has 0 amide bonds. The molecule has 0 saturated carbocycles. The molecule has 0 aliphatic carbocycles. The van der Waals surface area contributed by atoms with Crippen LogP contribution in [0.5, 0.6) is 0 Å². The van der Waals surface area contributed by atoms with E-state index in [-0.39, 0.29) is 32.8 Å². The molecular formula is C11H4BrCl2F3N2S. The van der Waals surface area contributed by atoms with Gasteiger partial charge in [-0.15, -0.1) is 0 Å². The van der Waals surface area contributed by atoms with Gasteiger partial charge in [0.1, 0.15) is 10.3 Å². The number of rotatable bonds is 2. The van der Waals surface area contributed by atoms with Gasteiger partial charge in [0.05, 0.1) is 4.47 Å². The molecule has 0 N–H and O–H groups in total. The maximum atomic E-state index is 12.2. The van der Waals surface area contributed by atoms with Crippen LogP contribution in [-0.4, -0.2) is 15.5 Å². The molecule has 2 nitrogen and oxygen atoms in total. The van der Waals surface area contributed by atoms with Crippen LogP contribution in [0, 0.1) is 0 Å². The summed E-state index contributed by atoms with van der Waals surface area (Å²) in [6.45, 7) is 0. The third-order valence-corrected chi connectivity index (χ3v) is 4.61. The summed E-state index contributed by atoms with van der Waals surface area (Å²) in [6.07, 6.45) is 0. The average Bonchev–Trinajstić information content (AvgIpc) is 2.34. The van der Waals surface area contributed by atoms with Crippen molar-refractivity contribution in [3.8, 4) is 11.4 Å². The van der Waals surface area contributed by atoms with Crippen LogP contribution in [0.1, 0.15) is 0 Å². The van der Waals surface area contributed by atoms with E-state index in [1.807, 2.05) is 0 Å². The van der Waals surface area contributed by atoms with Gasteiger partial charge in [-0.2, -0.15) is 13.2 Å². The van der Waals surface area contributed by atoms with Crippen molar-refractivity contribution in [2.24, 2.45) is 0 Å². The third-order valence-electron chi connectivity index (χ3n) is 2.12. The molecule has 0 atom stereocenters. The zero-order chi connectivity index (χ0) is 14.9. The second kappa shape index (κ2) is 6.09. The Morgan fingerprint density at radius 2 is 1.50 bits per heavy atom. The lowest BCUT2D eigenvalue weighted by Gasteiger charge is -2.07. The monoisotopic (exact) mass is 402 g/mol. The highest BCUT2D eigenvalue weighted by molar-refractivity contribution is 9.10. The van der Waals surface area contributed by atoms with Gasteiger partial charge in [-0.25, -0.2) is 9.97 Å². The number of hydrogen-bond acceptors (Lipinski definition) is 3. The van der Waals surface area contributed by atoms with Gasteiger partial charge in [0.2, 0.25) is 0 Å². The molecule has 0 unspecified atom stereocenters. The molecule has 0 aliphatic rings. The SMILES string of the molecule is FC(F)(F)Sc1ccc(-c2nc(Cl)c(Br)c(Cl)n2)cc1. The van der Waals surface area contributed by atoms with Gasteiger partial charge in [0, 0.05) is 10.5 Å². The Balaban J connectivity index is 2.31. The molecular weight excluding hydrogens is 400 g/mol. The van der Waals surface area contributed by atoms with E-state index < -0.39 is 5.51 Å². The van der Waals surface area contributed by atoms with Gasteiger partial charge in [-0.1, -0.05) is 35.3 Å². The van der Waals surface area contributed by atoms with Crippen LogP contribution in [0.3, 0.4) is 0 Å². The summed E-state index contributed by atoms with van der Waals surface area (Å²) in [5.74, 6) is 0.242. The lowest BCUT2D eigenvalue weighted by Crippen LogP contribution is -1.99. The molecule has 0 bridgehead atoms. The normalized spacial score (nSPS) is 11.7. The minimum Gasteiger partial charge on any atom is -0.215 e. The fraction of sp³-hybridized carbons (Fsp3) is 0.0909. The predicted octanol–water partition coefficient (Wildman–Crippen LogP) is 5.82. The van der Waals surface area contributed by atoms with Gasteiger partial charge in [-0.05, 0) is 39.8 Å². The van der Waals surface area contributed by atoms with Crippen molar-refractivity contribution in [3.63, 3.8) is 0 Å². The van der Waals surface area contributed by atoms with Crippen LogP contribution in [0.25, 0.3) is 11.4 Å². The van der Waals surface area contributed by atoms with E-state index in [2.05, 4.69) is 25.9 Å². The van der Waals surface area contributed by atoms with E-state index in [0.717, 1.165) is 0 Å². The van der Waals surface area contributed by atoms with Crippen LogP contribution >= 0.6 is 50.9 Å². The van der Waals surface area contributed by atoms with E-state index in [1.165, 1.54) is 24.3 Å². The summed E-state index contributed by atoms with van der Waals surface area (Å²) in [6, 6.07) is 5.62. The summed E-state index contributed by atoms with van der Waals surface area (Å²) in [4.78, 5) is 8.08. The van der Waals surface area contributed by atoms with Crippen molar-refractivity contribution in [2.75, 3.05) is 0 Å². The highest BCUT2D eigenvalue weighted by atomic mass is 79.9. The predicted molar refractivity (Wildman–Crippen MR) is 77.1 cm³/mol. The minimum absolute atomic E-state index is 0.0792.